The summed E-state index contributed by atoms with van der Waals surface area (Å²) >= 11 is 0. The maximum atomic E-state index is 12.9. The third-order valence-corrected chi connectivity index (χ3v) is 3.92. The summed E-state index contributed by atoms with van der Waals surface area (Å²) in [6.07, 6.45) is 1.88. The van der Waals surface area contributed by atoms with E-state index in [1.807, 2.05) is 0 Å². The minimum Gasteiger partial charge on any atom is -0.444 e. The van der Waals surface area contributed by atoms with Crippen molar-refractivity contribution in [3.63, 3.8) is 0 Å². The molecule has 0 aromatic carbocycles. The van der Waals surface area contributed by atoms with Crippen LogP contribution in [0.3, 0.4) is 0 Å². The molecule has 0 saturated heterocycles. The Hall–Kier alpha value is -2.10. The van der Waals surface area contributed by atoms with Gasteiger partial charge in [0.1, 0.15) is 17.2 Å². The lowest BCUT2D eigenvalue weighted by molar-refractivity contribution is -0.161. The fourth-order valence-corrected chi connectivity index (χ4v) is 2.81. The van der Waals surface area contributed by atoms with Crippen LogP contribution in [0.4, 0.5) is 9.59 Å². The summed E-state index contributed by atoms with van der Waals surface area (Å²) < 4.78 is 16.2. The van der Waals surface area contributed by atoms with Gasteiger partial charge in [0, 0.05) is 7.11 Å². The summed E-state index contributed by atoms with van der Waals surface area (Å²) in [4.78, 5) is 32.6. The lowest BCUT2D eigenvalue weighted by Gasteiger charge is -2.42. The van der Waals surface area contributed by atoms with E-state index in [-0.39, 0.29) is 26.4 Å². The summed E-state index contributed by atoms with van der Waals surface area (Å²) in [5.74, 6) is 0. The van der Waals surface area contributed by atoms with Gasteiger partial charge >= 0.3 is 12.2 Å². The number of aliphatic hydroxyl groups is 1. The molecule has 30 heavy (non-hydrogen) atoms. The van der Waals surface area contributed by atoms with Crippen LogP contribution in [0.5, 0.6) is 0 Å². The lowest BCUT2D eigenvalue weighted by Crippen LogP contribution is -2.57. The first-order chi connectivity index (χ1) is 13.8. The molecule has 2 amide bonds. The van der Waals surface area contributed by atoms with Crippen LogP contribution < -0.4 is 0 Å². The fraction of sp³-hybridized carbons (Fsp3) is 0.714. The van der Waals surface area contributed by atoms with Crippen molar-refractivity contribution in [3.05, 3.63) is 24.3 Å². The Morgan fingerprint density at radius 2 is 1.83 bits per heavy atom. The average Bonchev–Trinajstić information content (AvgIpc) is 2.59. The number of hydrogen-bond acceptors (Lipinski definition) is 7. The molecule has 0 aromatic heterocycles. The number of carbonyl (C=O) groups excluding carboxylic acids is 2. The van der Waals surface area contributed by atoms with E-state index in [2.05, 4.69) is 6.58 Å². The summed E-state index contributed by atoms with van der Waals surface area (Å²) in [6.45, 7) is 14.1. The molecule has 1 N–H and O–H groups in total. The molecular weight excluding hydrogens is 392 g/mol. The number of methoxy groups -OCH3 is 1. The van der Waals surface area contributed by atoms with Gasteiger partial charge in [-0.2, -0.15) is 5.06 Å². The quantitative estimate of drug-likeness (QED) is 0.492. The van der Waals surface area contributed by atoms with E-state index in [1.54, 1.807) is 47.6 Å². The second-order valence-electron chi connectivity index (χ2n) is 8.96. The molecule has 0 bridgehead atoms. The number of rotatable bonds is 7. The number of nitrogens with zero attached hydrogens (tertiary/aromatic N) is 2. The van der Waals surface area contributed by atoms with Crippen molar-refractivity contribution in [2.75, 3.05) is 33.5 Å². The maximum Gasteiger partial charge on any atom is 0.435 e. The lowest BCUT2D eigenvalue weighted by atomic mass is 9.98. The van der Waals surface area contributed by atoms with Crippen LogP contribution >= 0.6 is 0 Å². The van der Waals surface area contributed by atoms with Crippen molar-refractivity contribution in [2.45, 2.75) is 64.8 Å². The second-order valence-corrected chi connectivity index (χ2v) is 8.96. The number of hydrogen-bond donors (Lipinski definition) is 1. The van der Waals surface area contributed by atoms with E-state index in [0.29, 0.717) is 5.57 Å². The number of hydroxylamine groups is 2. The first-order valence-corrected chi connectivity index (χ1v) is 9.89. The summed E-state index contributed by atoms with van der Waals surface area (Å²) in [7, 11) is 1.52. The molecule has 9 nitrogen and oxygen atoms in total. The zero-order chi connectivity index (χ0) is 23.1. The predicted molar refractivity (Wildman–Crippen MR) is 112 cm³/mol. The highest BCUT2D eigenvalue weighted by Gasteiger charge is 2.40. The van der Waals surface area contributed by atoms with Gasteiger partial charge < -0.3 is 19.3 Å². The predicted octanol–water partition coefficient (Wildman–Crippen LogP) is 2.89. The molecule has 2 atom stereocenters. The molecule has 1 aliphatic rings. The first kappa shape index (κ1) is 25.9. The molecular formula is C21H36N2O7. The summed E-state index contributed by atoms with van der Waals surface area (Å²) in [6, 6.07) is -1.32. The van der Waals surface area contributed by atoms with E-state index in [0.717, 1.165) is 5.06 Å². The molecule has 1 rings (SSSR count). The van der Waals surface area contributed by atoms with Crippen LogP contribution in [0.25, 0.3) is 0 Å². The van der Waals surface area contributed by atoms with Crippen molar-refractivity contribution in [1.82, 2.24) is 9.96 Å². The van der Waals surface area contributed by atoms with Gasteiger partial charge in [0.25, 0.3) is 0 Å². The third-order valence-electron chi connectivity index (χ3n) is 3.92. The monoisotopic (exact) mass is 428 g/mol. The zero-order valence-corrected chi connectivity index (χ0v) is 19.1. The summed E-state index contributed by atoms with van der Waals surface area (Å²) in [5, 5.41) is 10.9. The van der Waals surface area contributed by atoms with Crippen molar-refractivity contribution in [3.8, 4) is 0 Å². The molecule has 1 heterocycles. The number of amides is 2. The van der Waals surface area contributed by atoms with E-state index >= 15 is 0 Å². The molecule has 0 aliphatic carbocycles. The van der Waals surface area contributed by atoms with Crippen molar-refractivity contribution in [2.24, 2.45) is 0 Å². The van der Waals surface area contributed by atoms with Gasteiger partial charge in [-0.05, 0) is 47.1 Å². The number of ether oxygens (including phenoxy) is 3. The van der Waals surface area contributed by atoms with Gasteiger partial charge in [0.05, 0.1) is 32.4 Å². The molecule has 0 radical (unpaired) electrons. The van der Waals surface area contributed by atoms with Crippen LogP contribution in [0.1, 0.15) is 41.5 Å². The molecule has 172 valence electrons. The first-order valence-electron chi connectivity index (χ1n) is 9.89. The molecule has 9 heteroatoms. The van der Waals surface area contributed by atoms with Gasteiger partial charge in [-0.1, -0.05) is 12.2 Å². The molecule has 1 aliphatic heterocycles. The highest BCUT2D eigenvalue weighted by molar-refractivity contribution is 5.71. The average molecular weight is 429 g/mol. The second kappa shape index (κ2) is 10.8. The molecule has 0 saturated carbocycles. The Morgan fingerprint density at radius 3 is 2.30 bits per heavy atom. The largest absolute Gasteiger partial charge is 0.444 e. The van der Waals surface area contributed by atoms with Crippen molar-refractivity contribution >= 4 is 12.2 Å². The van der Waals surface area contributed by atoms with E-state index in [4.69, 9.17) is 19.0 Å². The van der Waals surface area contributed by atoms with E-state index in [1.165, 1.54) is 18.1 Å². The van der Waals surface area contributed by atoms with Crippen LogP contribution in [0, 0.1) is 0 Å². The normalized spacial score (nSPS) is 19.7. The van der Waals surface area contributed by atoms with Crippen LogP contribution in [0.15, 0.2) is 24.3 Å². The highest BCUT2D eigenvalue weighted by atomic mass is 16.7. The Kier molecular flexibility index (Phi) is 9.33. The van der Waals surface area contributed by atoms with E-state index < -0.39 is 35.5 Å². The highest BCUT2D eigenvalue weighted by Crippen LogP contribution is 2.26. The van der Waals surface area contributed by atoms with Gasteiger partial charge in [0.15, 0.2) is 0 Å². The van der Waals surface area contributed by atoms with Gasteiger partial charge in [-0.3, -0.25) is 9.74 Å². The SMILES string of the molecule is C=CCON(C(=O)OC(C)(C)C)C1CN(C(=O)OC(C)(C)C)[C@H](CO)C=C1COC. The Balaban J connectivity index is 3.30. The van der Waals surface area contributed by atoms with Crippen LogP contribution in [0.2, 0.25) is 0 Å². The zero-order valence-electron chi connectivity index (χ0n) is 19.1. The number of carbonyl (C=O) groups is 2. The van der Waals surface area contributed by atoms with Crippen LogP contribution in [-0.4, -0.2) is 84.0 Å². The van der Waals surface area contributed by atoms with Gasteiger partial charge in [-0.15, -0.1) is 6.58 Å². The van der Waals surface area contributed by atoms with Crippen molar-refractivity contribution < 1.29 is 33.7 Å². The minimum atomic E-state index is -0.745. The Bertz CT molecular complexity index is 634. The maximum absolute atomic E-state index is 12.9. The third kappa shape index (κ3) is 7.97. The van der Waals surface area contributed by atoms with Crippen molar-refractivity contribution in [1.29, 1.82) is 0 Å². The van der Waals surface area contributed by atoms with Crippen LogP contribution in [-0.2, 0) is 19.0 Å². The molecule has 1 unspecified atom stereocenters. The van der Waals surface area contributed by atoms with Gasteiger partial charge in [0.2, 0.25) is 0 Å². The Morgan fingerprint density at radius 1 is 1.23 bits per heavy atom. The fourth-order valence-electron chi connectivity index (χ4n) is 2.81. The standard InChI is InChI=1S/C21H36N2O7/c1-9-10-28-23(19(26)30-21(5,6)7)17-12-22(18(25)29-20(2,3)4)16(13-24)11-15(17)14-27-8/h9,11,16-17,24H,1,10,12-14H2,2-8H3/t16-,17?/m0/s1. The minimum absolute atomic E-state index is 0.0335. The number of aliphatic hydroxyl groups excluding tert-OH is 1. The topological polar surface area (TPSA) is 97.8 Å². The Labute approximate surface area is 179 Å². The molecule has 0 spiro atoms. The van der Waals surface area contributed by atoms with Gasteiger partial charge in [-0.25, -0.2) is 9.59 Å². The summed E-state index contributed by atoms with van der Waals surface area (Å²) in [5.41, 5.74) is -0.787. The smallest absolute Gasteiger partial charge is 0.435 e. The molecule has 0 fully saturated rings. The van der Waals surface area contributed by atoms with E-state index in [9.17, 15) is 14.7 Å². The molecule has 0 aromatic rings.